The SMILES string of the molecule is O=C(NC[C@H](O)c1ccccc1F)c1ccc(Br)o1. The molecule has 0 aliphatic heterocycles. The lowest BCUT2D eigenvalue weighted by molar-refractivity contribution is 0.0885. The van der Waals surface area contributed by atoms with Gasteiger partial charge in [-0.2, -0.15) is 0 Å². The number of hydrogen-bond acceptors (Lipinski definition) is 3. The van der Waals surface area contributed by atoms with Crippen LogP contribution in [0.3, 0.4) is 0 Å². The second-order valence-electron chi connectivity index (χ2n) is 3.85. The number of benzene rings is 1. The van der Waals surface area contributed by atoms with Gasteiger partial charge in [-0.1, -0.05) is 18.2 Å². The van der Waals surface area contributed by atoms with Crippen LogP contribution in [0.2, 0.25) is 0 Å². The van der Waals surface area contributed by atoms with E-state index in [1.54, 1.807) is 12.1 Å². The Morgan fingerprint density at radius 2 is 2.11 bits per heavy atom. The summed E-state index contributed by atoms with van der Waals surface area (Å²) in [6.45, 7) is -0.0991. The molecule has 0 saturated carbocycles. The first-order valence-corrected chi connectivity index (χ1v) is 6.33. The van der Waals surface area contributed by atoms with Crippen LogP contribution in [0.25, 0.3) is 0 Å². The van der Waals surface area contributed by atoms with Gasteiger partial charge < -0.3 is 14.8 Å². The Hall–Kier alpha value is -1.66. The summed E-state index contributed by atoms with van der Waals surface area (Å²) in [5.41, 5.74) is 0.142. The fourth-order valence-corrected chi connectivity index (χ4v) is 1.87. The van der Waals surface area contributed by atoms with Gasteiger partial charge in [0.1, 0.15) is 5.82 Å². The Bertz CT molecular complexity index is 585. The van der Waals surface area contributed by atoms with Crippen LogP contribution in [0, 0.1) is 5.82 Å². The van der Waals surface area contributed by atoms with Crippen LogP contribution in [-0.4, -0.2) is 17.6 Å². The monoisotopic (exact) mass is 327 g/mol. The molecule has 2 N–H and O–H groups in total. The molecule has 0 fully saturated rings. The lowest BCUT2D eigenvalue weighted by atomic mass is 10.1. The van der Waals surface area contributed by atoms with E-state index in [1.807, 2.05) is 0 Å². The molecule has 0 aliphatic carbocycles. The first-order chi connectivity index (χ1) is 9.08. The zero-order chi connectivity index (χ0) is 13.8. The molecule has 0 spiro atoms. The normalized spacial score (nSPS) is 12.2. The molecule has 1 aromatic carbocycles. The van der Waals surface area contributed by atoms with Gasteiger partial charge in [-0.3, -0.25) is 4.79 Å². The number of aliphatic hydroxyl groups is 1. The first kappa shape index (κ1) is 13.8. The van der Waals surface area contributed by atoms with Crippen LogP contribution in [-0.2, 0) is 0 Å². The number of furan rings is 1. The molecule has 1 aromatic heterocycles. The van der Waals surface area contributed by atoms with Crippen molar-refractivity contribution in [3.8, 4) is 0 Å². The third-order valence-corrected chi connectivity index (χ3v) is 2.94. The van der Waals surface area contributed by atoms with Gasteiger partial charge in [-0.25, -0.2) is 4.39 Å². The van der Waals surface area contributed by atoms with Gasteiger partial charge in [0, 0.05) is 12.1 Å². The van der Waals surface area contributed by atoms with Gasteiger partial charge in [-0.05, 0) is 34.1 Å². The average Bonchev–Trinajstić information content (AvgIpc) is 2.83. The maximum absolute atomic E-state index is 13.4. The Morgan fingerprint density at radius 3 is 2.74 bits per heavy atom. The van der Waals surface area contributed by atoms with E-state index in [1.165, 1.54) is 24.3 Å². The van der Waals surface area contributed by atoms with Gasteiger partial charge in [0.25, 0.3) is 5.91 Å². The molecule has 1 amide bonds. The highest BCUT2D eigenvalue weighted by Gasteiger charge is 2.15. The summed E-state index contributed by atoms with van der Waals surface area (Å²) in [4.78, 5) is 11.6. The molecule has 2 rings (SSSR count). The zero-order valence-electron chi connectivity index (χ0n) is 9.77. The molecular weight excluding hydrogens is 317 g/mol. The number of hydrogen-bond donors (Lipinski definition) is 2. The van der Waals surface area contributed by atoms with Gasteiger partial charge in [0.15, 0.2) is 10.4 Å². The first-order valence-electron chi connectivity index (χ1n) is 5.54. The smallest absolute Gasteiger partial charge is 0.287 e. The number of halogens is 2. The number of rotatable bonds is 4. The lowest BCUT2D eigenvalue weighted by Gasteiger charge is -2.12. The number of carbonyl (C=O) groups excluding carboxylic acids is 1. The average molecular weight is 328 g/mol. The van der Waals surface area contributed by atoms with Gasteiger partial charge in [0.2, 0.25) is 0 Å². The van der Waals surface area contributed by atoms with Crippen molar-refractivity contribution < 1.29 is 18.7 Å². The van der Waals surface area contributed by atoms with E-state index in [4.69, 9.17) is 4.42 Å². The molecular formula is C13H11BrFNO3. The standard InChI is InChI=1S/C13H11BrFNO3/c14-12-6-5-11(19-12)13(18)16-7-10(17)8-3-1-2-4-9(8)15/h1-6,10,17H,7H2,(H,16,18)/t10-/m0/s1. The maximum Gasteiger partial charge on any atom is 0.287 e. The van der Waals surface area contributed by atoms with Crippen molar-refractivity contribution in [3.05, 3.63) is 58.2 Å². The van der Waals surface area contributed by atoms with Crippen molar-refractivity contribution >= 4 is 21.8 Å². The molecule has 1 heterocycles. The number of amides is 1. The Morgan fingerprint density at radius 1 is 1.37 bits per heavy atom. The third kappa shape index (κ3) is 3.42. The van der Waals surface area contributed by atoms with Crippen molar-refractivity contribution in [3.63, 3.8) is 0 Å². The summed E-state index contributed by atoms with van der Waals surface area (Å²) in [6, 6.07) is 8.95. The summed E-state index contributed by atoms with van der Waals surface area (Å²) >= 11 is 3.08. The van der Waals surface area contributed by atoms with E-state index in [2.05, 4.69) is 21.2 Å². The van der Waals surface area contributed by atoms with Crippen LogP contribution < -0.4 is 5.32 Å². The van der Waals surface area contributed by atoms with Crippen LogP contribution in [0.5, 0.6) is 0 Å². The van der Waals surface area contributed by atoms with Crippen molar-refractivity contribution in [1.82, 2.24) is 5.32 Å². The molecule has 100 valence electrons. The fourth-order valence-electron chi connectivity index (χ4n) is 1.57. The molecule has 0 radical (unpaired) electrons. The molecule has 6 heteroatoms. The molecule has 1 atom stereocenters. The van der Waals surface area contributed by atoms with Crippen LogP contribution in [0.1, 0.15) is 22.2 Å². The largest absolute Gasteiger partial charge is 0.444 e. The minimum atomic E-state index is -1.11. The van der Waals surface area contributed by atoms with Crippen molar-refractivity contribution in [2.45, 2.75) is 6.10 Å². The Kier molecular flexibility index (Phi) is 4.34. The minimum Gasteiger partial charge on any atom is -0.444 e. The third-order valence-electron chi connectivity index (χ3n) is 2.52. The van der Waals surface area contributed by atoms with Crippen LogP contribution in [0.15, 0.2) is 45.5 Å². The van der Waals surface area contributed by atoms with E-state index >= 15 is 0 Å². The molecule has 0 saturated heterocycles. The number of aliphatic hydroxyl groups excluding tert-OH is 1. The highest BCUT2D eigenvalue weighted by atomic mass is 79.9. The van der Waals surface area contributed by atoms with E-state index in [9.17, 15) is 14.3 Å². The van der Waals surface area contributed by atoms with Crippen molar-refractivity contribution in [2.75, 3.05) is 6.54 Å². The summed E-state index contributed by atoms with van der Waals surface area (Å²) in [5, 5.41) is 12.3. The maximum atomic E-state index is 13.4. The molecule has 19 heavy (non-hydrogen) atoms. The summed E-state index contributed by atoms with van der Waals surface area (Å²) in [5.74, 6) is -0.862. The summed E-state index contributed by atoms with van der Waals surface area (Å²) < 4.78 is 18.9. The minimum absolute atomic E-state index is 0.0991. The number of nitrogens with one attached hydrogen (secondary N) is 1. The lowest BCUT2D eigenvalue weighted by Crippen LogP contribution is -2.28. The summed E-state index contributed by atoms with van der Waals surface area (Å²) in [7, 11) is 0. The van der Waals surface area contributed by atoms with Crippen molar-refractivity contribution in [1.29, 1.82) is 0 Å². The highest BCUT2D eigenvalue weighted by molar-refractivity contribution is 9.10. The van der Waals surface area contributed by atoms with Gasteiger partial charge in [-0.15, -0.1) is 0 Å². The second-order valence-corrected chi connectivity index (χ2v) is 4.63. The summed E-state index contributed by atoms with van der Waals surface area (Å²) in [6.07, 6.45) is -1.11. The van der Waals surface area contributed by atoms with E-state index in [-0.39, 0.29) is 17.9 Å². The highest BCUT2D eigenvalue weighted by Crippen LogP contribution is 2.17. The molecule has 0 bridgehead atoms. The van der Waals surface area contributed by atoms with Crippen LogP contribution in [0.4, 0.5) is 4.39 Å². The van der Waals surface area contributed by atoms with Gasteiger partial charge in [0.05, 0.1) is 6.10 Å². The molecule has 0 aliphatic rings. The molecule has 0 unspecified atom stereocenters. The second kappa shape index (κ2) is 5.99. The Balaban J connectivity index is 1.96. The zero-order valence-corrected chi connectivity index (χ0v) is 11.4. The Labute approximate surface area is 117 Å². The predicted molar refractivity (Wildman–Crippen MR) is 70.1 cm³/mol. The van der Waals surface area contributed by atoms with E-state index in [0.29, 0.717) is 4.67 Å². The fraction of sp³-hybridized carbons (Fsp3) is 0.154. The molecule has 2 aromatic rings. The van der Waals surface area contributed by atoms with E-state index < -0.39 is 17.8 Å². The quantitative estimate of drug-likeness (QED) is 0.907. The van der Waals surface area contributed by atoms with Crippen LogP contribution >= 0.6 is 15.9 Å². The predicted octanol–water partition coefficient (Wildman–Crippen LogP) is 2.64. The topological polar surface area (TPSA) is 62.5 Å². The number of carbonyl (C=O) groups is 1. The van der Waals surface area contributed by atoms with E-state index in [0.717, 1.165) is 0 Å². The molecule has 4 nitrogen and oxygen atoms in total. The van der Waals surface area contributed by atoms with Crippen molar-refractivity contribution in [2.24, 2.45) is 0 Å². The van der Waals surface area contributed by atoms with Gasteiger partial charge >= 0.3 is 0 Å².